The number of anilines is 2. The summed E-state index contributed by atoms with van der Waals surface area (Å²) in [6.07, 6.45) is 6.92. The van der Waals surface area contributed by atoms with E-state index >= 15 is 0 Å². The third kappa shape index (κ3) is 6.90. The Morgan fingerprint density at radius 2 is 0.974 bits per heavy atom. The molecule has 0 radical (unpaired) electrons. The lowest BCUT2D eigenvalue weighted by Crippen LogP contribution is -2.27. The van der Waals surface area contributed by atoms with Crippen molar-refractivity contribution in [2.24, 2.45) is 0 Å². The van der Waals surface area contributed by atoms with E-state index < -0.39 is 0 Å². The number of amides is 2. The SMILES string of the molecule is CCCN(CCC)CCc1cccc2c1NC(=O)C2CC1C(=O)Nc2c(CCN(CCC)CCC)cccc21. The van der Waals surface area contributed by atoms with Gasteiger partial charge in [-0.1, -0.05) is 64.1 Å². The number of carbonyl (C=O) groups excluding carboxylic acids is 2. The molecule has 212 valence electrons. The minimum absolute atomic E-state index is 0.0172. The van der Waals surface area contributed by atoms with E-state index in [1.165, 1.54) is 11.1 Å². The van der Waals surface area contributed by atoms with Crippen LogP contribution in [-0.2, 0) is 22.4 Å². The molecular formula is C33H48N4O2. The molecule has 2 aromatic rings. The lowest BCUT2D eigenvalue weighted by Gasteiger charge is -2.21. The second-order valence-electron chi connectivity index (χ2n) is 11.3. The van der Waals surface area contributed by atoms with E-state index in [1.807, 2.05) is 0 Å². The maximum atomic E-state index is 13.2. The Morgan fingerprint density at radius 3 is 1.33 bits per heavy atom. The topological polar surface area (TPSA) is 64.7 Å². The molecule has 0 saturated heterocycles. The Bertz CT molecular complexity index is 1030. The lowest BCUT2D eigenvalue weighted by atomic mass is 9.85. The Morgan fingerprint density at radius 1 is 0.590 bits per heavy atom. The molecule has 2 amide bonds. The van der Waals surface area contributed by atoms with E-state index in [2.05, 4.69) is 84.5 Å². The standard InChI is InChI=1S/C33H48N4O2/c1-5-17-36(18-6-2)21-15-24-11-9-13-26-28(32(38)34-30(24)26)23-29-27-14-10-12-25(31(27)35-33(29)39)16-22-37(19-7-3)20-8-4/h9-14,28-29H,5-8,15-23H2,1-4H3,(H,34,38)(H,35,39). The predicted octanol–water partition coefficient (Wildman–Crippen LogP) is 6.18. The van der Waals surface area contributed by atoms with Crippen molar-refractivity contribution >= 4 is 23.2 Å². The first-order chi connectivity index (χ1) is 19.0. The van der Waals surface area contributed by atoms with Crippen LogP contribution in [0.25, 0.3) is 0 Å². The highest BCUT2D eigenvalue weighted by atomic mass is 16.2. The van der Waals surface area contributed by atoms with Crippen molar-refractivity contribution in [2.75, 3.05) is 49.9 Å². The van der Waals surface area contributed by atoms with E-state index in [0.717, 1.165) is 100 Å². The van der Waals surface area contributed by atoms with Gasteiger partial charge in [-0.05, 0) is 93.4 Å². The molecular weight excluding hydrogens is 484 g/mol. The van der Waals surface area contributed by atoms with Gasteiger partial charge in [-0.25, -0.2) is 0 Å². The minimum Gasteiger partial charge on any atom is -0.325 e. The van der Waals surface area contributed by atoms with E-state index in [0.29, 0.717) is 6.42 Å². The zero-order chi connectivity index (χ0) is 27.8. The smallest absolute Gasteiger partial charge is 0.232 e. The van der Waals surface area contributed by atoms with Crippen molar-refractivity contribution in [1.82, 2.24) is 9.80 Å². The van der Waals surface area contributed by atoms with Gasteiger partial charge in [0.25, 0.3) is 0 Å². The summed E-state index contributed by atoms with van der Waals surface area (Å²) in [7, 11) is 0. The summed E-state index contributed by atoms with van der Waals surface area (Å²) in [6.45, 7) is 15.3. The van der Waals surface area contributed by atoms with Gasteiger partial charge in [-0.3, -0.25) is 9.59 Å². The molecule has 0 aromatic heterocycles. The number of rotatable bonds is 16. The number of hydrogen-bond acceptors (Lipinski definition) is 4. The van der Waals surface area contributed by atoms with Gasteiger partial charge in [0.1, 0.15) is 0 Å². The summed E-state index contributed by atoms with van der Waals surface area (Å²) in [5.41, 5.74) is 6.43. The average molecular weight is 533 g/mol. The van der Waals surface area contributed by atoms with Gasteiger partial charge in [-0.2, -0.15) is 0 Å². The van der Waals surface area contributed by atoms with Crippen molar-refractivity contribution < 1.29 is 9.59 Å². The molecule has 2 unspecified atom stereocenters. The Kier molecular flexibility index (Phi) is 10.6. The molecule has 4 rings (SSSR count). The molecule has 2 atom stereocenters. The summed E-state index contributed by atoms with van der Waals surface area (Å²) < 4.78 is 0. The molecule has 0 bridgehead atoms. The van der Waals surface area contributed by atoms with Gasteiger partial charge in [0.15, 0.2) is 0 Å². The van der Waals surface area contributed by atoms with Crippen LogP contribution in [0.5, 0.6) is 0 Å². The predicted molar refractivity (Wildman–Crippen MR) is 162 cm³/mol. The molecule has 2 N–H and O–H groups in total. The van der Waals surface area contributed by atoms with Crippen LogP contribution < -0.4 is 10.6 Å². The molecule has 0 saturated carbocycles. The third-order valence-electron chi connectivity index (χ3n) is 8.27. The number of carbonyl (C=O) groups is 2. The lowest BCUT2D eigenvalue weighted by molar-refractivity contribution is -0.118. The van der Waals surface area contributed by atoms with Gasteiger partial charge in [-0.15, -0.1) is 0 Å². The summed E-state index contributed by atoms with van der Waals surface area (Å²) in [6, 6.07) is 12.6. The van der Waals surface area contributed by atoms with Crippen LogP contribution >= 0.6 is 0 Å². The van der Waals surface area contributed by atoms with Crippen molar-refractivity contribution in [3.8, 4) is 0 Å². The molecule has 0 aliphatic carbocycles. The van der Waals surface area contributed by atoms with Crippen LogP contribution in [-0.4, -0.2) is 60.9 Å². The maximum Gasteiger partial charge on any atom is 0.232 e. The Hall–Kier alpha value is -2.70. The van der Waals surface area contributed by atoms with Crippen molar-refractivity contribution in [2.45, 2.75) is 84.5 Å². The second-order valence-corrected chi connectivity index (χ2v) is 11.3. The highest BCUT2D eigenvalue weighted by Gasteiger charge is 2.39. The molecule has 2 aromatic carbocycles. The van der Waals surface area contributed by atoms with Crippen LogP contribution in [0.15, 0.2) is 36.4 Å². The van der Waals surface area contributed by atoms with Gasteiger partial charge < -0.3 is 20.4 Å². The zero-order valence-electron chi connectivity index (χ0n) is 24.5. The number of para-hydroxylation sites is 2. The van der Waals surface area contributed by atoms with Crippen LogP contribution in [0.2, 0.25) is 0 Å². The van der Waals surface area contributed by atoms with Gasteiger partial charge in [0.05, 0.1) is 11.8 Å². The Labute approximate surface area is 235 Å². The fourth-order valence-electron chi connectivity index (χ4n) is 6.44. The first-order valence-electron chi connectivity index (χ1n) is 15.3. The van der Waals surface area contributed by atoms with E-state index in [1.54, 1.807) is 0 Å². The van der Waals surface area contributed by atoms with E-state index in [-0.39, 0.29) is 23.7 Å². The van der Waals surface area contributed by atoms with Crippen LogP contribution in [0, 0.1) is 0 Å². The zero-order valence-corrected chi connectivity index (χ0v) is 24.5. The fraction of sp³-hybridized carbons (Fsp3) is 0.576. The molecule has 2 aliphatic rings. The third-order valence-corrected chi connectivity index (χ3v) is 8.27. The van der Waals surface area contributed by atoms with Crippen molar-refractivity contribution in [3.05, 3.63) is 58.7 Å². The quantitative estimate of drug-likeness (QED) is 0.271. The molecule has 0 fully saturated rings. The normalized spacial score (nSPS) is 18.0. The van der Waals surface area contributed by atoms with Crippen molar-refractivity contribution in [1.29, 1.82) is 0 Å². The first-order valence-corrected chi connectivity index (χ1v) is 15.3. The molecule has 6 nitrogen and oxygen atoms in total. The molecule has 2 heterocycles. The molecule has 6 heteroatoms. The highest BCUT2D eigenvalue weighted by molar-refractivity contribution is 6.07. The molecule has 2 aliphatic heterocycles. The van der Waals surface area contributed by atoms with Gasteiger partial charge in [0.2, 0.25) is 11.8 Å². The van der Waals surface area contributed by atoms with Crippen LogP contribution in [0.1, 0.15) is 93.9 Å². The minimum atomic E-state index is -0.308. The number of benzene rings is 2. The maximum absolute atomic E-state index is 13.2. The average Bonchev–Trinajstić information content (AvgIpc) is 3.42. The second kappa shape index (κ2) is 14.1. The van der Waals surface area contributed by atoms with Crippen molar-refractivity contribution in [3.63, 3.8) is 0 Å². The van der Waals surface area contributed by atoms with E-state index in [4.69, 9.17) is 0 Å². The highest BCUT2D eigenvalue weighted by Crippen LogP contribution is 2.45. The number of hydrogen-bond donors (Lipinski definition) is 2. The van der Waals surface area contributed by atoms with Crippen LogP contribution in [0.4, 0.5) is 11.4 Å². The number of nitrogens with one attached hydrogen (secondary N) is 2. The van der Waals surface area contributed by atoms with E-state index in [9.17, 15) is 9.59 Å². The summed E-state index contributed by atoms with van der Waals surface area (Å²) in [5, 5.41) is 6.38. The van der Waals surface area contributed by atoms with Crippen LogP contribution in [0.3, 0.4) is 0 Å². The summed E-state index contributed by atoms with van der Waals surface area (Å²) in [5.74, 6) is -0.582. The monoisotopic (exact) mass is 532 g/mol. The number of nitrogens with zero attached hydrogens (tertiary/aromatic N) is 2. The summed E-state index contributed by atoms with van der Waals surface area (Å²) in [4.78, 5) is 31.5. The Balaban J connectivity index is 1.49. The largest absolute Gasteiger partial charge is 0.325 e. The molecule has 39 heavy (non-hydrogen) atoms. The van der Waals surface area contributed by atoms with Gasteiger partial charge in [0, 0.05) is 24.5 Å². The molecule has 0 spiro atoms. The van der Waals surface area contributed by atoms with Gasteiger partial charge >= 0.3 is 0 Å². The fourth-order valence-corrected chi connectivity index (χ4v) is 6.44. The summed E-state index contributed by atoms with van der Waals surface area (Å²) >= 11 is 0. The number of fused-ring (bicyclic) bond motifs is 2. The first kappa shape index (κ1) is 29.3.